The summed E-state index contributed by atoms with van der Waals surface area (Å²) in [5.41, 5.74) is 2.34. The molecule has 2 aromatic heterocycles. The van der Waals surface area contributed by atoms with Crippen molar-refractivity contribution >= 4 is 23.2 Å². The molecule has 8 nitrogen and oxygen atoms in total. The van der Waals surface area contributed by atoms with Crippen LogP contribution in [0.2, 0.25) is 0 Å². The molecule has 8 heteroatoms. The summed E-state index contributed by atoms with van der Waals surface area (Å²) < 4.78 is 7.11. The van der Waals surface area contributed by atoms with Crippen LogP contribution < -0.4 is 15.0 Å². The minimum atomic E-state index is -0.341. The average Bonchev–Trinajstić information content (AvgIpc) is 3.18. The van der Waals surface area contributed by atoms with E-state index in [0.29, 0.717) is 22.9 Å². The molecule has 2 amide bonds. The first-order valence-corrected chi connectivity index (χ1v) is 9.30. The van der Waals surface area contributed by atoms with E-state index in [-0.39, 0.29) is 30.0 Å². The zero-order chi connectivity index (χ0) is 20.5. The number of fused-ring (bicyclic) bond motifs is 1. The van der Waals surface area contributed by atoms with Crippen molar-refractivity contribution in [1.29, 1.82) is 0 Å². The molecule has 1 aliphatic heterocycles. The van der Waals surface area contributed by atoms with Crippen LogP contribution in [0, 0.1) is 0 Å². The number of pyridine rings is 1. The third kappa shape index (κ3) is 3.56. The van der Waals surface area contributed by atoms with E-state index in [4.69, 9.17) is 4.74 Å². The number of amides is 2. The first-order chi connectivity index (χ1) is 13.9. The SMILES string of the molecule is CC(C)c1cc(C(=O)Nc2ccc3c(c2)N(C)C(=O)CO3)nn1-c1ccccn1. The highest BCUT2D eigenvalue weighted by Gasteiger charge is 2.23. The van der Waals surface area contributed by atoms with Crippen LogP contribution in [0.4, 0.5) is 11.4 Å². The van der Waals surface area contributed by atoms with Gasteiger partial charge in [-0.25, -0.2) is 9.67 Å². The van der Waals surface area contributed by atoms with Crippen LogP contribution in [0.15, 0.2) is 48.7 Å². The van der Waals surface area contributed by atoms with Gasteiger partial charge in [0.15, 0.2) is 18.1 Å². The Kier molecular flexibility index (Phi) is 4.75. The molecule has 0 radical (unpaired) electrons. The highest BCUT2D eigenvalue weighted by Crippen LogP contribution is 2.33. The normalized spacial score (nSPS) is 13.2. The Labute approximate surface area is 168 Å². The van der Waals surface area contributed by atoms with Gasteiger partial charge in [-0.05, 0) is 42.3 Å². The Hall–Kier alpha value is -3.68. The van der Waals surface area contributed by atoms with Gasteiger partial charge in [0.25, 0.3) is 11.8 Å². The number of likely N-dealkylation sites (N-methyl/N-ethyl adjacent to an activating group) is 1. The van der Waals surface area contributed by atoms with Gasteiger partial charge in [0.1, 0.15) is 5.75 Å². The lowest BCUT2D eigenvalue weighted by Crippen LogP contribution is -2.35. The van der Waals surface area contributed by atoms with Crippen LogP contribution in [0.25, 0.3) is 5.82 Å². The van der Waals surface area contributed by atoms with Crippen LogP contribution in [0.1, 0.15) is 35.9 Å². The topological polar surface area (TPSA) is 89.4 Å². The Bertz CT molecular complexity index is 1080. The van der Waals surface area contributed by atoms with Crippen molar-refractivity contribution in [2.75, 3.05) is 23.9 Å². The summed E-state index contributed by atoms with van der Waals surface area (Å²) in [5, 5.41) is 7.31. The van der Waals surface area contributed by atoms with Crippen molar-refractivity contribution in [2.45, 2.75) is 19.8 Å². The molecule has 0 saturated carbocycles. The standard InChI is InChI=1S/C21H21N5O3/c1-13(2)16-11-15(24-26(16)19-6-4-5-9-22-19)21(28)23-14-7-8-18-17(10-14)25(3)20(27)12-29-18/h4-11,13H,12H2,1-3H3,(H,23,28). The fourth-order valence-corrected chi connectivity index (χ4v) is 3.13. The fraction of sp³-hybridized carbons (Fsp3) is 0.238. The zero-order valence-corrected chi connectivity index (χ0v) is 16.4. The summed E-state index contributed by atoms with van der Waals surface area (Å²) >= 11 is 0. The largest absolute Gasteiger partial charge is 0.482 e. The van der Waals surface area contributed by atoms with Gasteiger partial charge in [0.05, 0.1) is 5.69 Å². The number of carbonyl (C=O) groups excluding carboxylic acids is 2. The van der Waals surface area contributed by atoms with Gasteiger partial charge in [-0.15, -0.1) is 0 Å². The summed E-state index contributed by atoms with van der Waals surface area (Å²) in [4.78, 5) is 30.5. The molecule has 0 saturated heterocycles. The number of carbonyl (C=O) groups is 2. The second kappa shape index (κ2) is 7.38. The number of ether oxygens (including phenoxy) is 1. The maximum Gasteiger partial charge on any atom is 0.276 e. The molecule has 3 aromatic rings. The molecule has 29 heavy (non-hydrogen) atoms. The van der Waals surface area contributed by atoms with Crippen molar-refractivity contribution in [3.05, 3.63) is 60.0 Å². The summed E-state index contributed by atoms with van der Waals surface area (Å²) in [7, 11) is 1.68. The molecule has 148 valence electrons. The molecule has 0 bridgehead atoms. The lowest BCUT2D eigenvalue weighted by atomic mass is 10.1. The maximum atomic E-state index is 12.8. The molecule has 1 aliphatic rings. The van der Waals surface area contributed by atoms with Crippen LogP contribution in [-0.2, 0) is 4.79 Å². The van der Waals surface area contributed by atoms with E-state index >= 15 is 0 Å². The molecule has 1 N–H and O–H groups in total. The van der Waals surface area contributed by atoms with Gasteiger partial charge in [-0.3, -0.25) is 9.59 Å². The highest BCUT2D eigenvalue weighted by molar-refractivity contribution is 6.04. The smallest absolute Gasteiger partial charge is 0.276 e. The Balaban J connectivity index is 1.62. The van der Waals surface area contributed by atoms with Crippen molar-refractivity contribution in [1.82, 2.24) is 14.8 Å². The molecular formula is C21H21N5O3. The third-order valence-electron chi connectivity index (χ3n) is 4.73. The van der Waals surface area contributed by atoms with E-state index < -0.39 is 0 Å². The molecule has 0 spiro atoms. The molecule has 1 aromatic carbocycles. The van der Waals surface area contributed by atoms with Crippen LogP contribution in [-0.4, -0.2) is 40.2 Å². The molecule has 0 atom stereocenters. The molecule has 0 unspecified atom stereocenters. The van der Waals surface area contributed by atoms with E-state index in [9.17, 15) is 9.59 Å². The molecular weight excluding hydrogens is 370 g/mol. The van der Waals surface area contributed by atoms with Gasteiger partial charge in [-0.2, -0.15) is 5.10 Å². The lowest BCUT2D eigenvalue weighted by Gasteiger charge is -2.26. The van der Waals surface area contributed by atoms with Crippen LogP contribution in [0.5, 0.6) is 5.75 Å². The van der Waals surface area contributed by atoms with Crippen molar-refractivity contribution in [3.8, 4) is 11.6 Å². The second-order valence-corrected chi connectivity index (χ2v) is 7.09. The quantitative estimate of drug-likeness (QED) is 0.738. The maximum absolute atomic E-state index is 12.8. The van der Waals surface area contributed by atoms with Crippen LogP contribution >= 0.6 is 0 Å². The van der Waals surface area contributed by atoms with Crippen molar-refractivity contribution in [2.24, 2.45) is 0 Å². The van der Waals surface area contributed by atoms with Gasteiger partial charge in [0, 0.05) is 24.6 Å². The fourth-order valence-electron chi connectivity index (χ4n) is 3.13. The van der Waals surface area contributed by atoms with Crippen molar-refractivity contribution in [3.63, 3.8) is 0 Å². The van der Waals surface area contributed by atoms with E-state index in [1.807, 2.05) is 32.0 Å². The van der Waals surface area contributed by atoms with Gasteiger partial charge >= 0.3 is 0 Å². The first-order valence-electron chi connectivity index (χ1n) is 9.30. The minimum absolute atomic E-state index is 0.0120. The average molecular weight is 391 g/mol. The summed E-state index contributed by atoms with van der Waals surface area (Å²) in [6.07, 6.45) is 1.69. The zero-order valence-electron chi connectivity index (χ0n) is 16.4. The van der Waals surface area contributed by atoms with Crippen molar-refractivity contribution < 1.29 is 14.3 Å². The Morgan fingerprint density at radius 3 is 2.76 bits per heavy atom. The summed E-state index contributed by atoms with van der Waals surface area (Å²) in [6.45, 7) is 4.08. The molecule has 0 fully saturated rings. The highest BCUT2D eigenvalue weighted by atomic mass is 16.5. The van der Waals surface area contributed by atoms with Gasteiger partial charge in [-0.1, -0.05) is 19.9 Å². The number of hydrogen-bond acceptors (Lipinski definition) is 5. The molecule has 4 rings (SSSR count). The number of hydrogen-bond donors (Lipinski definition) is 1. The molecule has 0 aliphatic carbocycles. The minimum Gasteiger partial charge on any atom is -0.482 e. The number of rotatable bonds is 4. The number of nitrogens with one attached hydrogen (secondary N) is 1. The predicted molar refractivity (Wildman–Crippen MR) is 109 cm³/mol. The van der Waals surface area contributed by atoms with Gasteiger partial charge in [0.2, 0.25) is 0 Å². The van der Waals surface area contributed by atoms with E-state index in [2.05, 4.69) is 15.4 Å². The first kappa shape index (κ1) is 18.7. The Morgan fingerprint density at radius 2 is 2.03 bits per heavy atom. The number of nitrogens with zero attached hydrogens (tertiary/aromatic N) is 4. The third-order valence-corrected chi connectivity index (χ3v) is 4.73. The Morgan fingerprint density at radius 1 is 1.21 bits per heavy atom. The second-order valence-electron chi connectivity index (χ2n) is 7.09. The van der Waals surface area contributed by atoms with E-state index in [0.717, 1.165) is 5.69 Å². The van der Waals surface area contributed by atoms with Gasteiger partial charge < -0.3 is 15.0 Å². The summed E-state index contributed by atoms with van der Waals surface area (Å²) in [5.74, 6) is 0.934. The predicted octanol–water partition coefficient (Wildman–Crippen LogP) is 3.00. The van der Waals surface area contributed by atoms with Crippen LogP contribution in [0.3, 0.4) is 0 Å². The van der Waals surface area contributed by atoms with E-state index in [1.165, 1.54) is 4.90 Å². The lowest BCUT2D eigenvalue weighted by molar-refractivity contribution is -0.120. The number of benzene rings is 1. The monoisotopic (exact) mass is 391 g/mol. The number of aromatic nitrogens is 3. The molecule has 3 heterocycles. The number of anilines is 2. The summed E-state index contributed by atoms with van der Waals surface area (Å²) in [6, 6.07) is 12.5. The van der Waals surface area contributed by atoms with E-state index in [1.54, 1.807) is 42.2 Å².